The summed E-state index contributed by atoms with van der Waals surface area (Å²) in [5.74, 6) is 0.000819. The van der Waals surface area contributed by atoms with E-state index in [1.54, 1.807) is 18.3 Å². The Morgan fingerprint density at radius 2 is 1.96 bits per heavy atom. The molecule has 0 aliphatic carbocycles. The number of rotatable bonds is 5. The lowest BCUT2D eigenvalue weighted by molar-refractivity contribution is 0.0741. The van der Waals surface area contributed by atoms with Gasteiger partial charge in [-0.25, -0.2) is 4.98 Å². The monoisotopic (exact) mass is 350 g/mol. The van der Waals surface area contributed by atoms with Crippen LogP contribution < -0.4 is 10.2 Å². The highest BCUT2D eigenvalue weighted by atomic mass is 16.2. The summed E-state index contributed by atoms with van der Waals surface area (Å²) < 4.78 is 0. The summed E-state index contributed by atoms with van der Waals surface area (Å²) in [5, 5.41) is 3.16. The summed E-state index contributed by atoms with van der Waals surface area (Å²) in [6.45, 7) is 11.8. The number of hydrogen-bond donors (Lipinski definition) is 1. The number of amides is 1. The van der Waals surface area contributed by atoms with Crippen LogP contribution >= 0.6 is 0 Å². The number of piperazine rings is 1. The van der Waals surface area contributed by atoms with E-state index in [9.17, 15) is 4.79 Å². The molecular weight excluding hydrogens is 324 g/mol. The maximum atomic E-state index is 12.7. The van der Waals surface area contributed by atoms with Crippen LogP contribution in [0.25, 0.3) is 0 Å². The molecule has 1 amide bonds. The zero-order valence-corrected chi connectivity index (χ0v) is 15.5. The van der Waals surface area contributed by atoms with Crippen molar-refractivity contribution in [2.75, 3.05) is 42.9 Å². The number of anilines is 2. The number of aryl methyl sites for hydroxylation is 1. The summed E-state index contributed by atoms with van der Waals surface area (Å²) in [4.78, 5) is 21.3. The SMILES string of the molecule is C=CCNc1ccc(C(=O)N2CCN(c3cccc(C)c3C)CC2)nc1. The van der Waals surface area contributed by atoms with Gasteiger partial charge in [-0.2, -0.15) is 0 Å². The van der Waals surface area contributed by atoms with Crippen molar-refractivity contribution in [1.29, 1.82) is 0 Å². The van der Waals surface area contributed by atoms with E-state index in [2.05, 4.69) is 53.8 Å². The molecule has 3 rings (SSSR count). The van der Waals surface area contributed by atoms with Gasteiger partial charge in [0.15, 0.2) is 0 Å². The van der Waals surface area contributed by atoms with Gasteiger partial charge in [-0.15, -0.1) is 6.58 Å². The van der Waals surface area contributed by atoms with Gasteiger partial charge in [0.05, 0.1) is 11.9 Å². The van der Waals surface area contributed by atoms with Crippen molar-refractivity contribution in [1.82, 2.24) is 9.88 Å². The van der Waals surface area contributed by atoms with Gasteiger partial charge >= 0.3 is 0 Å². The minimum Gasteiger partial charge on any atom is -0.380 e. The fourth-order valence-electron chi connectivity index (χ4n) is 3.21. The third-order valence-electron chi connectivity index (χ3n) is 4.92. The zero-order valence-electron chi connectivity index (χ0n) is 15.5. The molecule has 0 spiro atoms. The first-order valence-electron chi connectivity index (χ1n) is 9.01. The molecule has 1 saturated heterocycles. The Bertz CT molecular complexity index is 777. The molecule has 1 aromatic heterocycles. The summed E-state index contributed by atoms with van der Waals surface area (Å²) in [6, 6.07) is 10.1. The number of benzene rings is 1. The standard InChI is InChI=1S/C21H26N4O/c1-4-10-22-18-8-9-19(23-15-18)21(26)25-13-11-24(12-14-25)20-7-5-6-16(2)17(20)3/h4-9,15,22H,1,10-14H2,2-3H3. The molecule has 2 aromatic rings. The molecule has 1 N–H and O–H groups in total. The summed E-state index contributed by atoms with van der Waals surface area (Å²) >= 11 is 0. The average molecular weight is 350 g/mol. The average Bonchev–Trinajstić information content (AvgIpc) is 2.68. The number of carbonyl (C=O) groups excluding carboxylic acids is 1. The Balaban J connectivity index is 1.61. The molecule has 1 aromatic carbocycles. The number of nitrogens with one attached hydrogen (secondary N) is 1. The third-order valence-corrected chi connectivity index (χ3v) is 4.92. The van der Waals surface area contributed by atoms with Gasteiger partial charge in [0.1, 0.15) is 5.69 Å². The summed E-state index contributed by atoms with van der Waals surface area (Å²) in [6.07, 6.45) is 3.48. The first-order valence-corrected chi connectivity index (χ1v) is 9.01. The molecular formula is C21H26N4O. The highest BCUT2D eigenvalue weighted by Gasteiger charge is 2.23. The van der Waals surface area contributed by atoms with Crippen molar-refractivity contribution in [3.63, 3.8) is 0 Å². The van der Waals surface area contributed by atoms with Gasteiger partial charge in [0, 0.05) is 38.4 Å². The second-order valence-corrected chi connectivity index (χ2v) is 6.60. The van der Waals surface area contributed by atoms with Crippen LogP contribution in [0.2, 0.25) is 0 Å². The fourth-order valence-corrected chi connectivity index (χ4v) is 3.21. The molecule has 1 aliphatic heterocycles. The molecule has 1 fully saturated rings. The second kappa shape index (κ2) is 8.04. The van der Waals surface area contributed by atoms with E-state index in [0.29, 0.717) is 25.3 Å². The molecule has 26 heavy (non-hydrogen) atoms. The third kappa shape index (κ3) is 3.87. The zero-order chi connectivity index (χ0) is 18.5. The van der Waals surface area contributed by atoms with Gasteiger partial charge in [-0.3, -0.25) is 4.79 Å². The quantitative estimate of drug-likeness (QED) is 0.841. The van der Waals surface area contributed by atoms with E-state index in [1.807, 2.05) is 11.0 Å². The number of nitrogens with zero attached hydrogens (tertiary/aromatic N) is 3. The van der Waals surface area contributed by atoms with Gasteiger partial charge in [0.25, 0.3) is 5.91 Å². The first-order chi connectivity index (χ1) is 12.6. The molecule has 0 bridgehead atoms. The fraction of sp³-hybridized carbons (Fsp3) is 0.333. The molecule has 0 radical (unpaired) electrons. The maximum Gasteiger partial charge on any atom is 0.272 e. The van der Waals surface area contributed by atoms with Crippen molar-refractivity contribution in [2.24, 2.45) is 0 Å². The largest absolute Gasteiger partial charge is 0.380 e. The van der Waals surface area contributed by atoms with Crippen molar-refractivity contribution in [2.45, 2.75) is 13.8 Å². The summed E-state index contributed by atoms with van der Waals surface area (Å²) in [7, 11) is 0. The molecule has 0 unspecified atom stereocenters. The Kier molecular flexibility index (Phi) is 5.56. The lowest BCUT2D eigenvalue weighted by Gasteiger charge is -2.37. The van der Waals surface area contributed by atoms with E-state index >= 15 is 0 Å². The smallest absolute Gasteiger partial charge is 0.272 e. The van der Waals surface area contributed by atoms with E-state index in [0.717, 1.165) is 18.8 Å². The van der Waals surface area contributed by atoms with Gasteiger partial charge < -0.3 is 15.1 Å². The molecule has 2 heterocycles. The number of hydrogen-bond acceptors (Lipinski definition) is 4. The second-order valence-electron chi connectivity index (χ2n) is 6.60. The van der Waals surface area contributed by atoms with E-state index < -0.39 is 0 Å². The van der Waals surface area contributed by atoms with Crippen LogP contribution in [-0.2, 0) is 0 Å². The van der Waals surface area contributed by atoms with Crippen LogP contribution in [0.4, 0.5) is 11.4 Å². The Morgan fingerprint density at radius 1 is 1.19 bits per heavy atom. The highest BCUT2D eigenvalue weighted by Crippen LogP contribution is 2.24. The van der Waals surface area contributed by atoms with Crippen molar-refractivity contribution in [3.8, 4) is 0 Å². The minimum absolute atomic E-state index is 0.000819. The molecule has 5 heteroatoms. The molecule has 0 saturated carbocycles. The molecule has 0 atom stereocenters. The Morgan fingerprint density at radius 3 is 2.62 bits per heavy atom. The van der Waals surface area contributed by atoms with Crippen molar-refractivity contribution >= 4 is 17.3 Å². The van der Waals surface area contributed by atoms with Crippen LogP contribution in [0, 0.1) is 13.8 Å². The summed E-state index contributed by atoms with van der Waals surface area (Å²) in [5.41, 5.74) is 5.27. The minimum atomic E-state index is 0.000819. The number of aromatic nitrogens is 1. The lowest BCUT2D eigenvalue weighted by atomic mass is 10.1. The van der Waals surface area contributed by atoms with Crippen molar-refractivity contribution in [3.05, 3.63) is 66.0 Å². The maximum absolute atomic E-state index is 12.7. The van der Waals surface area contributed by atoms with Crippen LogP contribution in [-0.4, -0.2) is 48.5 Å². The highest BCUT2D eigenvalue weighted by molar-refractivity contribution is 5.92. The van der Waals surface area contributed by atoms with E-state index in [4.69, 9.17) is 0 Å². The van der Waals surface area contributed by atoms with E-state index in [-0.39, 0.29) is 5.91 Å². The van der Waals surface area contributed by atoms with Gasteiger partial charge in [-0.1, -0.05) is 18.2 Å². The van der Waals surface area contributed by atoms with E-state index in [1.165, 1.54) is 16.8 Å². The van der Waals surface area contributed by atoms with Crippen molar-refractivity contribution < 1.29 is 4.79 Å². The number of carbonyl (C=O) groups is 1. The predicted molar refractivity (Wildman–Crippen MR) is 107 cm³/mol. The topological polar surface area (TPSA) is 48.5 Å². The van der Waals surface area contributed by atoms with Crippen LogP contribution in [0.15, 0.2) is 49.2 Å². The van der Waals surface area contributed by atoms with Gasteiger partial charge in [-0.05, 0) is 43.2 Å². The predicted octanol–water partition coefficient (Wildman–Crippen LogP) is 3.26. The normalized spacial score (nSPS) is 14.2. The van der Waals surface area contributed by atoms with Crippen LogP contribution in [0.3, 0.4) is 0 Å². The molecule has 5 nitrogen and oxygen atoms in total. The number of pyridine rings is 1. The van der Waals surface area contributed by atoms with Gasteiger partial charge in [0.2, 0.25) is 0 Å². The lowest BCUT2D eigenvalue weighted by Crippen LogP contribution is -2.49. The molecule has 136 valence electrons. The van der Waals surface area contributed by atoms with Crippen LogP contribution in [0.1, 0.15) is 21.6 Å². The Hall–Kier alpha value is -2.82. The van der Waals surface area contributed by atoms with Crippen LogP contribution in [0.5, 0.6) is 0 Å². The Labute approximate surface area is 155 Å². The molecule has 1 aliphatic rings. The first kappa shape index (κ1) is 18.0.